The first-order chi connectivity index (χ1) is 12.6. The zero-order valence-electron chi connectivity index (χ0n) is 13.9. The number of benzene rings is 1. The molecule has 0 saturated heterocycles. The monoisotopic (exact) mass is 403 g/mol. The number of carbonyl (C=O) groups excluding carboxylic acids is 1. The van der Waals surface area contributed by atoms with Gasteiger partial charge in [-0.1, -0.05) is 41.9 Å². The van der Waals surface area contributed by atoms with Gasteiger partial charge in [0.2, 0.25) is 5.15 Å². The van der Waals surface area contributed by atoms with Gasteiger partial charge in [0.05, 0.1) is 18.1 Å². The van der Waals surface area contributed by atoms with Crippen LogP contribution >= 0.6 is 11.6 Å². The molecule has 2 aromatic rings. The molecule has 1 aromatic heterocycles. The second-order valence-electron chi connectivity index (χ2n) is 5.19. The number of aromatic nitrogens is 1. The summed E-state index contributed by atoms with van der Waals surface area (Å²) in [5, 5.41) is 10.4. The van der Waals surface area contributed by atoms with Gasteiger partial charge in [0, 0.05) is 6.07 Å². The lowest BCUT2D eigenvalue weighted by atomic mass is 10.2. The largest absolute Gasteiger partial charge is 0.449 e. The molecule has 1 heterocycles. The molecule has 0 fully saturated rings. The molecule has 11 heteroatoms. The van der Waals surface area contributed by atoms with Crippen LogP contribution in [0, 0.1) is 10.1 Å². The van der Waals surface area contributed by atoms with Crippen molar-refractivity contribution in [1.82, 2.24) is 4.98 Å². The van der Waals surface area contributed by atoms with Crippen molar-refractivity contribution >= 4 is 29.1 Å². The second kappa shape index (κ2) is 8.21. The molecule has 0 aliphatic rings. The number of alkyl halides is 3. The lowest BCUT2D eigenvalue weighted by Gasteiger charge is -2.23. The molecule has 7 nitrogen and oxygen atoms in total. The minimum absolute atomic E-state index is 0.0805. The summed E-state index contributed by atoms with van der Waals surface area (Å²) in [6.45, 7) is 1.15. The highest BCUT2D eigenvalue weighted by Crippen LogP contribution is 2.40. The van der Waals surface area contributed by atoms with Crippen LogP contribution in [0.1, 0.15) is 18.2 Å². The standard InChI is InChI=1S/C16H13ClF3N3O4/c1-2-27-15(24)22(9-10-6-4-3-5-7-10)11-8-12(16(18,19)20)21-14(17)13(11)23(25)26/h3-8H,2,9H2,1H3. The van der Waals surface area contributed by atoms with E-state index in [2.05, 4.69) is 4.98 Å². The van der Waals surface area contributed by atoms with Gasteiger partial charge in [-0.05, 0) is 12.5 Å². The molecule has 0 saturated carbocycles. The van der Waals surface area contributed by atoms with Crippen molar-refractivity contribution < 1.29 is 27.6 Å². The Kier molecular flexibility index (Phi) is 6.21. The van der Waals surface area contributed by atoms with E-state index in [4.69, 9.17) is 16.3 Å². The van der Waals surface area contributed by atoms with Gasteiger partial charge in [0.25, 0.3) is 0 Å². The molecule has 0 spiro atoms. The molecule has 0 N–H and O–H groups in total. The van der Waals surface area contributed by atoms with Crippen LogP contribution in [-0.2, 0) is 17.5 Å². The predicted molar refractivity (Wildman–Crippen MR) is 90.6 cm³/mol. The van der Waals surface area contributed by atoms with Crippen LogP contribution in [0.2, 0.25) is 5.15 Å². The molecular formula is C16H13ClF3N3O4. The smallest absolute Gasteiger partial charge is 0.433 e. The maximum Gasteiger partial charge on any atom is 0.433 e. The summed E-state index contributed by atoms with van der Waals surface area (Å²) >= 11 is 5.63. The van der Waals surface area contributed by atoms with Crippen LogP contribution in [0.5, 0.6) is 0 Å². The third-order valence-electron chi connectivity index (χ3n) is 3.37. The average molecular weight is 404 g/mol. The highest BCUT2D eigenvalue weighted by molar-refractivity contribution is 6.32. The Morgan fingerprint density at radius 2 is 1.96 bits per heavy atom. The van der Waals surface area contributed by atoms with E-state index in [0.29, 0.717) is 11.6 Å². The average Bonchev–Trinajstić information content (AvgIpc) is 2.59. The zero-order chi connectivity index (χ0) is 20.2. The van der Waals surface area contributed by atoms with Crippen molar-refractivity contribution in [3.05, 3.63) is 62.9 Å². The van der Waals surface area contributed by atoms with E-state index in [1.54, 1.807) is 30.3 Å². The van der Waals surface area contributed by atoms with Crippen LogP contribution in [-0.4, -0.2) is 22.6 Å². The normalized spacial score (nSPS) is 11.1. The molecule has 0 unspecified atom stereocenters. The number of hydrogen-bond acceptors (Lipinski definition) is 5. The fraction of sp³-hybridized carbons (Fsp3) is 0.250. The Hall–Kier alpha value is -2.88. The SMILES string of the molecule is CCOC(=O)N(Cc1ccccc1)c1cc(C(F)(F)F)nc(Cl)c1[N+](=O)[O-]. The van der Waals surface area contributed by atoms with E-state index < -0.39 is 39.4 Å². The van der Waals surface area contributed by atoms with Gasteiger partial charge in [-0.25, -0.2) is 9.78 Å². The lowest BCUT2D eigenvalue weighted by Crippen LogP contribution is -2.32. The molecule has 27 heavy (non-hydrogen) atoms. The Morgan fingerprint density at radius 1 is 1.33 bits per heavy atom. The van der Waals surface area contributed by atoms with Crippen LogP contribution in [0.15, 0.2) is 36.4 Å². The van der Waals surface area contributed by atoms with Crippen LogP contribution < -0.4 is 4.90 Å². The quantitative estimate of drug-likeness (QED) is 0.405. The van der Waals surface area contributed by atoms with E-state index in [9.17, 15) is 28.1 Å². The molecule has 2 rings (SSSR count). The fourth-order valence-corrected chi connectivity index (χ4v) is 2.49. The molecular weight excluding hydrogens is 391 g/mol. The summed E-state index contributed by atoms with van der Waals surface area (Å²) in [5.41, 5.74) is -2.53. The predicted octanol–water partition coefficient (Wildman–Crippen LogP) is 4.83. The van der Waals surface area contributed by atoms with Crippen LogP contribution in [0.4, 0.5) is 29.3 Å². The summed E-state index contributed by atoms with van der Waals surface area (Å²) < 4.78 is 44.1. The number of rotatable bonds is 5. The lowest BCUT2D eigenvalue weighted by molar-refractivity contribution is -0.384. The van der Waals surface area contributed by atoms with E-state index in [1.165, 1.54) is 6.92 Å². The number of amides is 1. The number of anilines is 1. The number of halogens is 4. The minimum atomic E-state index is -4.92. The summed E-state index contributed by atoms with van der Waals surface area (Å²) in [7, 11) is 0. The molecule has 0 radical (unpaired) electrons. The summed E-state index contributed by atoms with van der Waals surface area (Å²) in [4.78, 5) is 26.5. The first kappa shape index (κ1) is 20.4. The Balaban J connectivity index is 2.66. The van der Waals surface area contributed by atoms with Crippen LogP contribution in [0.3, 0.4) is 0 Å². The van der Waals surface area contributed by atoms with Gasteiger partial charge in [0.1, 0.15) is 11.4 Å². The number of pyridine rings is 1. The molecule has 0 aliphatic heterocycles. The van der Waals surface area contributed by atoms with Gasteiger partial charge < -0.3 is 4.74 Å². The summed E-state index contributed by atoms with van der Waals surface area (Å²) in [5.74, 6) is 0. The van der Waals surface area contributed by atoms with Crippen molar-refractivity contribution in [1.29, 1.82) is 0 Å². The number of ether oxygens (including phenoxy) is 1. The molecule has 0 atom stereocenters. The maximum atomic E-state index is 13.1. The van der Waals surface area contributed by atoms with E-state index in [1.807, 2.05) is 0 Å². The van der Waals surface area contributed by atoms with Gasteiger partial charge in [0.15, 0.2) is 0 Å². The van der Waals surface area contributed by atoms with Crippen molar-refractivity contribution in [2.45, 2.75) is 19.6 Å². The van der Waals surface area contributed by atoms with Crippen LogP contribution in [0.25, 0.3) is 0 Å². The topological polar surface area (TPSA) is 85.6 Å². The van der Waals surface area contributed by atoms with Gasteiger partial charge >= 0.3 is 18.0 Å². The molecule has 0 aliphatic carbocycles. The zero-order valence-corrected chi connectivity index (χ0v) is 14.6. The third kappa shape index (κ3) is 4.85. The third-order valence-corrected chi connectivity index (χ3v) is 3.63. The number of hydrogen-bond donors (Lipinski definition) is 0. The van der Waals surface area contributed by atoms with E-state index >= 15 is 0 Å². The van der Waals surface area contributed by atoms with Crippen molar-refractivity contribution in [3.63, 3.8) is 0 Å². The minimum Gasteiger partial charge on any atom is -0.449 e. The van der Waals surface area contributed by atoms with E-state index in [-0.39, 0.29) is 13.2 Å². The highest BCUT2D eigenvalue weighted by Gasteiger charge is 2.38. The molecule has 1 aromatic carbocycles. The Bertz CT molecular complexity index is 847. The fourth-order valence-electron chi connectivity index (χ4n) is 2.23. The van der Waals surface area contributed by atoms with Crippen molar-refractivity contribution in [2.75, 3.05) is 11.5 Å². The summed E-state index contributed by atoms with van der Waals surface area (Å²) in [6, 6.07) is 8.61. The molecule has 0 bridgehead atoms. The number of carbonyl (C=O) groups is 1. The van der Waals surface area contributed by atoms with Gasteiger partial charge in [-0.3, -0.25) is 15.0 Å². The Morgan fingerprint density at radius 3 is 2.48 bits per heavy atom. The number of nitro groups is 1. The summed E-state index contributed by atoms with van der Waals surface area (Å²) in [6.07, 6.45) is -5.97. The van der Waals surface area contributed by atoms with Gasteiger partial charge in [-0.15, -0.1) is 0 Å². The Labute approximate surface area is 156 Å². The van der Waals surface area contributed by atoms with E-state index in [0.717, 1.165) is 4.90 Å². The first-order valence-corrected chi connectivity index (χ1v) is 7.93. The van der Waals surface area contributed by atoms with Crippen molar-refractivity contribution in [2.24, 2.45) is 0 Å². The van der Waals surface area contributed by atoms with Gasteiger partial charge in [-0.2, -0.15) is 13.2 Å². The first-order valence-electron chi connectivity index (χ1n) is 7.55. The van der Waals surface area contributed by atoms with Crippen molar-refractivity contribution in [3.8, 4) is 0 Å². The number of nitrogens with zero attached hydrogens (tertiary/aromatic N) is 3. The maximum absolute atomic E-state index is 13.1. The second-order valence-corrected chi connectivity index (χ2v) is 5.55. The highest BCUT2D eigenvalue weighted by atomic mass is 35.5. The molecule has 144 valence electrons. The molecule has 1 amide bonds.